The summed E-state index contributed by atoms with van der Waals surface area (Å²) in [5.41, 5.74) is 6.35. The van der Waals surface area contributed by atoms with E-state index >= 15 is 0 Å². The normalized spacial score (nSPS) is 10.8. The Morgan fingerprint density at radius 1 is 1.42 bits per heavy atom. The predicted octanol–water partition coefficient (Wildman–Crippen LogP) is 0.986. The number of anilines is 1. The fourth-order valence-electron chi connectivity index (χ4n) is 1.14. The summed E-state index contributed by atoms with van der Waals surface area (Å²) in [5.74, 6) is 5.91. The van der Waals surface area contributed by atoms with Gasteiger partial charge in [0.1, 0.15) is 0 Å². The van der Waals surface area contributed by atoms with E-state index in [2.05, 4.69) is 5.10 Å². The number of nitrogens with zero attached hydrogens (tertiary/aromatic N) is 2. The topological polar surface area (TPSA) is 69.9 Å². The van der Waals surface area contributed by atoms with Gasteiger partial charge in [0.05, 0.1) is 5.52 Å². The van der Waals surface area contributed by atoms with E-state index in [0.29, 0.717) is 10.8 Å². The average molecular weight is 183 g/mol. The minimum Gasteiger partial charge on any atom is -0.382 e. The zero-order valence-corrected chi connectivity index (χ0v) is 6.92. The smallest absolute Gasteiger partial charge is 0.155 e. The molecule has 0 saturated carbocycles. The van der Waals surface area contributed by atoms with E-state index in [1.807, 2.05) is 0 Å². The minimum absolute atomic E-state index is 0.398. The third-order valence-electron chi connectivity index (χ3n) is 1.70. The quantitative estimate of drug-likeness (QED) is 0.597. The zero-order chi connectivity index (χ0) is 8.72. The van der Waals surface area contributed by atoms with Gasteiger partial charge >= 0.3 is 0 Å². The van der Waals surface area contributed by atoms with Crippen LogP contribution in [0.5, 0.6) is 0 Å². The number of rotatable bonds is 0. The van der Waals surface area contributed by atoms with Crippen molar-refractivity contribution in [2.24, 2.45) is 0 Å². The molecule has 0 bridgehead atoms. The first-order chi connectivity index (χ1) is 5.68. The van der Waals surface area contributed by atoms with Crippen LogP contribution >= 0.6 is 11.6 Å². The zero-order valence-electron chi connectivity index (χ0n) is 6.16. The molecule has 0 fully saturated rings. The molecule has 12 heavy (non-hydrogen) atoms. The van der Waals surface area contributed by atoms with Crippen molar-refractivity contribution >= 4 is 28.3 Å². The first-order valence-electron chi connectivity index (χ1n) is 3.37. The Bertz CT molecular complexity index is 434. The SMILES string of the molecule is Nc1nn(N)c2ccc(Cl)cc12. The van der Waals surface area contributed by atoms with Crippen LogP contribution in [0.2, 0.25) is 5.02 Å². The monoisotopic (exact) mass is 182 g/mol. The molecule has 0 spiro atoms. The Morgan fingerprint density at radius 3 is 2.92 bits per heavy atom. The van der Waals surface area contributed by atoms with E-state index in [4.69, 9.17) is 23.2 Å². The van der Waals surface area contributed by atoms with Crippen molar-refractivity contribution in [3.05, 3.63) is 23.2 Å². The van der Waals surface area contributed by atoms with E-state index in [0.717, 1.165) is 10.9 Å². The number of nitrogen functional groups attached to an aromatic ring is 2. The Kier molecular flexibility index (Phi) is 1.38. The third-order valence-corrected chi connectivity index (χ3v) is 1.93. The highest BCUT2D eigenvalue weighted by Crippen LogP contribution is 2.22. The summed E-state index contributed by atoms with van der Waals surface area (Å²) in [6.45, 7) is 0. The van der Waals surface area contributed by atoms with Gasteiger partial charge in [-0.1, -0.05) is 11.6 Å². The summed E-state index contributed by atoms with van der Waals surface area (Å²) in [7, 11) is 0. The second-order valence-electron chi connectivity index (χ2n) is 2.49. The van der Waals surface area contributed by atoms with Crippen LogP contribution in [-0.2, 0) is 0 Å². The van der Waals surface area contributed by atoms with Gasteiger partial charge in [-0.05, 0) is 18.2 Å². The molecule has 5 heteroatoms. The van der Waals surface area contributed by atoms with Gasteiger partial charge in [-0.3, -0.25) is 0 Å². The lowest BCUT2D eigenvalue weighted by atomic mass is 10.2. The van der Waals surface area contributed by atoms with Crippen molar-refractivity contribution in [3.63, 3.8) is 0 Å². The number of nitrogens with two attached hydrogens (primary N) is 2. The molecule has 0 aliphatic heterocycles. The van der Waals surface area contributed by atoms with Gasteiger partial charge in [-0.2, -0.15) is 4.79 Å². The van der Waals surface area contributed by atoms with Crippen LogP contribution in [-0.4, -0.2) is 9.89 Å². The molecule has 0 aliphatic carbocycles. The number of hydrogen-bond donors (Lipinski definition) is 2. The molecule has 0 amide bonds. The molecule has 0 saturated heterocycles. The lowest BCUT2D eigenvalue weighted by Crippen LogP contribution is -2.09. The summed E-state index contributed by atoms with van der Waals surface area (Å²) < 4.78 is 0. The Morgan fingerprint density at radius 2 is 2.17 bits per heavy atom. The van der Waals surface area contributed by atoms with Gasteiger partial charge in [0, 0.05) is 10.4 Å². The maximum Gasteiger partial charge on any atom is 0.155 e. The van der Waals surface area contributed by atoms with Gasteiger partial charge in [0.15, 0.2) is 5.82 Å². The van der Waals surface area contributed by atoms with E-state index in [-0.39, 0.29) is 0 Å². The molecule has 1 aromatic carbocycles. The van der Waals surface area contributed by atoms with Crippen molar-refractivity contribution in [1.29, 1.82) is 0 Å². The lowest BCUT2D eigenvalue weighted by Gasteiger charge is -1.92. The van der Waals surface area contributed by atoms with Crippen molar-refractivity contribution in [1.82, 2.24) is 9.89 Å². The van der Waals surface area contributed by atoms with Gasteiger partial charge in [0.2, 0.25) is 0 Å². The highest BCUT2D eigenvalue weighted by Gasteiger charge is 2.05. The first-order valence-corrected chi connectivity index (χ1v) is 3.75. The highest BCUT2D eigenvalue weighted by molar-refractivity contribution is 6.31. The van der Waals surface area contributed by atoms with Crippen molar-refractivity contribution in [2.75, 3.05) is 11.6 Å². The first kappa shape index (κ1) is 7.24. The number of fused-ring (bicyclic) bond motifs is 1. The molecule has 4 N–H and O–H groups in total. The van der Waals surface area contributed by atoms with Crippen LogP contribution < -0.4 is 11.6 Å². The molecule has 0 radical (unpaired) electrons. The Hall–Kier alpha value is -1.42. The number of hydrogen-bond acceptors (Lipinski definition) is 3. The fourth-order valence-corrected chi connectivity index (χ4v) is 1.31. The van der Waals surface area contributed by atoms with Gasteiger partial charge in [-0.25, -0.2) is 0 Å². The molecule has 62 valence electrons. The van der Waals surface area contributed by atoms with Crippen molar-refractivity contribution < 1.29 is 0 Å². The summed E-state index contributed by atoms with van der Waals surface area (Å²) in [5, 5.41) is 5.25. The summed E-state index contributed by atoms with van der Waals surface area (Å²) >= 11 is 5.77. The standard InChI is InChI=1S/C7H7ClN4/c8-4-1-2-6-5(3-4)7(9)11-12(6)10/h1-3H,10H2,(H2,9,11). The molecular formula is C7H7ClN4. The van der Waals surface area contributed by atoms with E-state index in [1.165, 1.54) is 4.79 Å². The second kappa shape index (κ2) is 2.28. The van der Waals surface area contributed by atoms with Crippen LogP contribution in [0.3, 0.4) is 0 Å². The number of halogens is 1. The van der Waals surface area contributed by atoms with E-state index in [1.54, 1.807) is 18.2 Å². The molecule has 0 aliphatic rings. The van der Waals surface area contributed by atoms with Gasteiger partial charge in [-0.15, -0.1) is 5.10 Å². The van der Waals surface area contributed by atoms with Crippen LogP contribution in [0.4, 0.5) is 5.82 Å². The fraction of sp³-hybridized carbons (Fsp3) is 0. The molecule has 1 heterocycles. The van der Waals surface area contributed by atoms with Gasteiger partial charge < -0.3 is 11.6 Å². The Labute approximate surface area is 73.7 Å². The summed E-state index contributed by atoms with van der Waals surface area (Å²) in [4.78, 5) is 1.24. The molecule has 1 aromatic heterocycles. The highest BCUT2D eigenvalue weighted by atomic mass is 35.5. The maximum absolute atomic E-state index is 5.77. The predicted molar refractivity (Wildman–Crippen MR) is 49.3 cm³/mol. The van der Waals surface area contributed by atoms with Crippen LogP contribution in [0.15, 0.2) is 18.2 Å². The van der Waals surface area contributed by atoms with Gasteiger partial charge in [0.25, 0.3) is 0 Å². The largest absolute Gasteiger partial charge is 0.382 e. The molecule has 0 unspecified atom stereocenters. The lowest BCUT2D eigenvalue weighted by molar-refractivity contribution is 0.868. The maximum atomic E-state index is 5.77. The summed E-state index contributed by atoms with van der Waals surface area (Å²) in [6.07, 6.45) is 0. The van der Waals surface area contributed by atoms with Crippen LogP contribution in [0.1, 0.15) is 0 Å². The van der Waals surface area contributed by atoms with Crippen molar-refractivity contribution in [3.8, 4) is 0 Å². The van der Waals surface area contributed by atoms with E-state index in [9.17, 15) is 0 Å². The van der Waals surface area contributed by atoms with E-state index < -0.39 is 0 Å². The van der Waals surface area contributed by atoms with Crippen LogP contribution in [0.25, 0.3) is 10.9 Å². The molecule has 0 atom stereocenters. The molecule has 2 aromatic rings. The Balaban J connectivity index is 2.90. The summed E-state index contributed by atoms with van der Waals surface area (Å²) in [6, 6.07) is 5.26. The third kappa shape index (κ3) is 0.887. The second-order valence-corrected chi connectivity index (χ2v) is 2.93. The van der Waals surface area contributed by atoms with Crippen molar-refractivity contribution in [2.45, 2.75) is 0 Å². The van der Waals surface area contributed by atoms with Crippen LogP contribution in [0, 0.1) is 0 Å². The number of benzene rings is 1. The number of aromatic nitrogens is 2. The molecule has 2 rings (SSSR count). The average Bonchev–Trinajstić information content (AvgIpc) is 2.28. The molecule has 4 nitrogen and oxygen atoms in total. The minimum atomic E-state index is 0.398. The molecular weight excluding hydrogens is 176 g/mol.